The molecule has 1 aromatic carbocycles. The SMILES string of the molecule is O=C(CN1C(=O)c2ccccc2C1=O)Nc1cc(-n2cncn2)ncn1. The first kappa shape index (κ1) is 15.6. The molecule has 3 amide bonds. The van der Waals surface area contributed by atoms with Crippen LogP contribution < -0.4 is 5.32 Å². The molecule has 0 unspecified atom stereocenters. The summed E-state index contributed by atoms with van der Waals surface area (Å²) in [7, 11) is 0. The van der Waals surface area contributed by atoms with E-state index in [1.54, 1.807) is 24.3 Å². The minimum Gasteiger partial charge on any atom is -0.309 e. The molecule has 0 fully saturated rings. The molecule has 0 bridgehead atoms. The maximum atomic E-state index is 12.3. The second-order valence-corrected chi connectivity index (χ2v) is 5.39. The van der Waals surface area contributed by atoms with Crippen molar-refractivity contribution >= 4 is 23.5 Å². The van der Waals surface area contributed by atoms with Gasteiger partial charge in [0.2, 0.25) is 5.91 Å². The number of hydrogen-bond donors (Lipinski definition) is 1. The number of imide groups is 1. The van der Waals surface area contributed by atoms with Crippen LogP contribution in [-0.2, 0) is 4.79 Å². The Kier molecular flexibility index (Phi) is 3.69. The zero-order chi connectivity index (χ0) is 18.1. The van der Waals surface area contributed by atoms with E-state index < -0.39 is 24.3 Å². The van der Waals surface area contributed by atoms with Gasteiger partial charge in [-0.05, 0) is 12.1 Å². The van der Waals surface area contributed by atoms with E-state index in [0.717, 1.165) is 4.90 Å². The number of fused-ring (bicyclic) bond motifs is 1. The molecule has 3 heterocycles. The van der Waals surface area contributed by atoms with Gasteiger partial charge in [0.1, 0.15) is 31.3 Å². The molecule has 1 aliphatic heterocycles. The molecule has 2 aromatic heterocycles. The first-order valence-corrected chi connectivity index (χ1v) is 7.55. The number of aromatic nitrogens is 5. The summed E-state index contributed by atoms with van der Waals surface area (Å²) < 4.78 is 1.40. The van der Waals surface area contributed by atoms with Crippen molar-refractivity contribution in [2.45, 2.75) is 0 Å². The smallest absolute Gasteiger partial charge is 0.262 e. The topological polar surface area (TPSA) is 123 Å². The molecule has 0 spiro atoms. The van der Waals surface area contributed by atoms with Crippen LogP contribution in [0.4, 0.5) is 5.82 Å². The molecule has 4 rings (SSSR count). The summed E-state index contributed by atoms with van der Waals surface area (Å²) in [6.07, 6.45) is 4.06. The van der Waals surface area contributed by atoms with Crippen LogP contribution in [0.3, 0.4) is 0 Å². The molecule has 3 aromatic rings. The van der Waals surface area contributed by atoms with E-state index in [9.17, 15) is 14.4 Å². The molecule has 0 saturated carbocycles. The third kappa shape index (κ3) is 2.69. The third-order valence-electron chi connectivity index (χ3n) is 3.75. The number of anilines is 1. The highest BCUT2D eigenvalue weighted by Gasteiger charge is 2.36. The number of rotatable bonds is 4. The normalized spacial score (nSPS) is 13.0. The molecular weight excluding hydrogens is 338 g/mol. The van der Waals surface area contributed by atoms with E-state index >= 15 is 0 Å². The predicted octanol–water partition coefficient (Wildman–Crippen LogP) is 0.292. The molecule has 0 radical (unpaired) electrons. The van der Waals surface area contributed by atoms with Crippen molar-refractivity contribution in [3.63, 3.8) is 0 Å². The second-order valence-electron chi connectivity index (χ2n) is 5.39. The minimum atomic E-state index is -0.553. The molecule has 10 heteroatoms. The van der Waals surface area contributed by atoms with Crippen LogP contribution in [0.25, 0.3) is 5.82 Å². The van der Waals surface area contributed by atoms with Gasteiger partial charge in [-0.3, -0.25) is 19.3 Å². The number of carbonyl (C=O) groups excluding carboxylic acids is 3. The Morgan fingerprint density at radius 3 is 2.42 bits per heavy atom. The van der Waals surface area contributed by atoms with E-state index in [1.807, 2.05) is 0 Å². The van der Waals surface area contributed by atoms with Crippen molar-refractivity contribution in [1.82, 2.24) is 29.6 Å². The van der Waals surface area contributed by atoms with Gasteiger partial charge in [0.25, 0.3) is 11.8 Å². The average Bonchev–Trinajstić information content (AvgIpc) is 3.26. The van der Waals surface area contributed by atoms with Crippen molar-refractivity contribution < 1.29 is 14.4 Å². The molecule has 128 valence electrons. The third-order valence-corrected chi connectivity index (χ3v) is 3.75. The summed E-state index contributed by atoms with van der Waals surface area (Å²) in [5, 5.41) is 6.48. The van der Waals surface area contributed by atoms with Crippen molar-refractivity contribution in [1.29, 1.82) is 0 Å². The highest BCUT2D eigenvalue weighted by molar-refractivity contribution is 6.22. The highest BCUT2D eigenvalue weighted by Crippen LogP contribution is 2.22. The van der Waals surface area contributed by atoms with E-state index in [4.69, 9.17) is 0 Å². The van der Waals surface area contributed by atoms with Gasteiger partial charge in [-0.25, -0.2) is 19.6 Å². The van der Waals surface area contributed by atoms with Gasteiger partial charge < -0.3 is 5.32 Å². The average molecular weight is 349 g/mol. The quantitative estimate of drug-likeness (QED) is 0.672. The van der Waals surface area contributed by atoms with E-state index in [-0.39, 0.29) is 5.82 Å². The highest BCUT2D eigenvalue weighted by atomic mass is 16.2. The molecule has 10 nitrogen and oxygen atoms in total. The van der Waals surface area contributed by atoms with Crippen LogP contribution in [0.1, 0.15) is 20.7 Å². The van der Waals surface area contributed by atoms with Gasteiger partial charge in [-0.15, -0.1) is 0 Å². The first-order valence-electron chi connectivity index (χ1n) is 7.55. The molecule has 0 aliphatic carbocycles. The van der Waals surface area contributed by atoms with Crippen molar-refractivity contribution in [2.24, 2.45) is 0 Å². The van der Waals surface area contributed by atoms with Gasteiger partial charge in [0.15, 0.2) is 5.82 Å². The number of amides is 3. The summed E-state index contributed by atoms with van der Waals surface area (Å²) in [6, 6.07) is 7.94. The first-order chi connectivity index (χ1) is 12.6. The fourth-order valence-electron chi connectivity index (χ4n) is 2.58. The molecule has 26 heavy (non-hydrogen) atoms. The maximum absolute atomic E-state index is 12.3. The summed E-state index contributed by atoms with van der Waals surface area (Å²) >= 11 is 0. The number of nitrogens with one attached hydrogen (secondary N) is 1. The Labute approximate surface area is 146 Å². The Morgan fingerprint density at radius 2 is 1.77 bits per heavy atom. The Hall–Kier alpha value is -3.95. The van der Waals surface area contributed by atoms with Crippen LogP contribution in [0.15, 0.2) is 49.3 Å². The zero-order valence-corrected chi connectivity index (χ0v) is 13.2. The Balaban J connectivity index is 1.48. The van der Waals surface area contributed by atoms with Gasteiger partial charge in [0.05, 0.1) is 11.1 Å². The summed E-state index contributed by atoms with van der Waals surface area (Å²) in [6.45, 7) is -0.408. The number of benzene rings is 1. The van der Waals surface area contributed by atoms with Gasteiger partial charge >= 0.3 is 0 Å². The minimum absolute atomic E-state index is 0.215. The van der Waals surface area contributed by atoms with Crippen LogP contribution >= 0.6 is 0 Å². The number of nitrogens with zero attached hydrogens (tertiary/aromatic N) is 6. The summed E-state index contributed by atoms with van der Waals surface area (Å²) in [5.41, 5.74) is 0.585. The monoisotopic (exact) mass is 349 g/mol. The number of hydrogen-bond acceptors (Lipinski definition) is 7. The lowest BCUT2D eigenvalue weighted by molar-refractivity contribution is -0.116. The van der Waals surface area contributed by atoms with E-state index in [0.29, 0.717) is 16.9 Å². The molecule has 0 atom stereocenters. The molecule has 1 aliphatic rings. The summed E-state index contributed by atoms with van der Waals surface area (Å²) in [4.78, 5) is 49.5. The molecule has 1 N–H and O–H groups in total. The predicted molar refractivity (Wildman–Crippen MR) is 87.4 cm³/mol. The fraction of sp³-hybridized carbons (Fsp3) is 0.0625. The van der Waals surface area contributed by atoms with E-state index in [1.165, 1.54) is 29.7 Å². The van der Waals surface area contributed by atoms with Gasteiger partial charge in [-0.2, -0.15) is 5.10 Å². The van der Waals surface area contributed by atoms with Crippen LogP contribution in [-0.4, -0.2) is 53.9 Å². The second kappa shape index (κ2) is 6.16. The standard InChI is InChI=1S/C16H11N7O3/c24-14(6-22-15(25)10-3-1-2-4-11(10)16(22)26)21-12-5-13(19-8-18-12)23-9-17-7-20-23/h1-5,7-9H,6H2,(H,18,19,21,24). The Bertz CT molecular complexity index is 981. The van der Waals surface area contributed by atoms with Crippen molar-refractivity contribution in [3.8, 4) is 5.82 Å². The lowest BCUT2D eigenvalue weighted by Crippen LogP contribution is -2.37. The van der Waals surface area contributed by atoms with E-state index in [2.05, 4.69) is 25.4 Å². The lowest BCUT2D eigenvalue weighted by atomic mass is 10.1. The number of carbonyl (C=O) groups is 3. The lowest BCUT2D eigenvalue weighted by Gasteiger charge is -2.13. The fourth-order valence-corrected chi connectivity index (χ4v) is 2.58. The molecule has 0 saturated heterocycles. The summed E-state index contributed by atoms with van der Waals surface area (Å²) in [5.74, 6) is -0.915. The van der Waals surface area contributed by atoms with Gasteiger partial charge in [0, 0.05) is 6.07 Å². The maximum Gasteiger partial charge on any atom is 0.262 e. The zero-order valence-electron chi connectivity index (χ0n) is 13.2. The van der Waals surface area contributed by atoms with Crippen LogP contribution in [0, 0.1) is 0 Å². The van der Waals surface area contributed by atoms with Crippen LogP contribution in [0.2, 0.25) is 0 Å². The van der Waals surface area contributed by atoms with Crippen molar-refractivity contribution in [3.05, 3.63) is 60.4 Å². The molecular formula is C16H11N7O3. The van der Waals surface area contributed by atoms with Crippen molar-refractivity contribution in [2.75, 3.05) is 11.9 Å². The largest absolute Gasteiger partial charge is 0.309 e. The Morgan fingerprint density at radius 1 is 1.04 bits per heavy atom. The van der Waals surface area contributed by atoms with Gasteiger partial charge in [-0.1, -0.05) is 12.1 Å². The van der Waals surface area contributed by atoms with Crippen LogP contribution in [0.5, 0.6) is 0 Å².